The molecule has 1 aliphatic rings. The quantitative estimate of drug-likeness (QED) is 0.206. The van der Waals surface area contributed by atoms with Crippen molar-refractivity contribution in [1.82, 2.24) is 10.3 Å². The molecule has 1 aromatic heterocycles. The first-order valence-electron chi connectivity index (χ1n) is 13.4. The number of rotatable bonds is 6. The Bertz CT molecular complexity index is 1620. The second kappa shape index (κ2) is 13.7. The van der Waals surface area contributed by atoms with E-state index in [-0.39, 0.29) is 17.5 Å². The van der Waals surface area contributed by atoms with Crippen LogP contribution in [0.5, 0.6) is 11.5 Å². The largest absolute Gasteiger partial charge is 0.507 e. The SMILES string of the molecule is N#Cc1c(C2CCCNC2)cc(-c2c(O)cccc2OCc2ccccc2-c2ccccc2)nc1N.O=C(O)C(F)(F)F. The summed E-state index contributed by atoms with van der Waals surface area (Å²) < 4.78 is 38.0. The van der Waals surface area contributed by atoms with Crippen LogP contribution in [-0.2, 0) is 11.4 Å². The van der Waals surface area contributed by atoms with Crippen LogP contribution in [0.15, 0.2) is 78.9 Å². The lowest BCUT2D eigenvalue weighted by molar-refractivity contribution is -0.192. The number of alkyl halides is 3. The molecule has 2 heterocycles. The van der Waals surface area contributed by atoms with E-state index in [1.165, 1.54) is 0 Å². The molecule has 8 nitrogen and oxygen atoms in total. The van der Waals surface area contributed by atoms with Gasteiger partial charge in [-0.3, -0.25) is 0 Å². The molecule has 1 saturated heterocycles. The first-order valence-corrected chi connectivity index (χ1v) is 13.4. The highest BCUT2D eigenvalue weighted by Crippen LogP contribution is 2.40. The van der Waals surface area contributed by atoms with E-state index in [4.69, 9.17) is 20.4 Å². The molecule has 0 amide bonds. The number of pyridine rings is 1. The van der Waals surface area contributed by atoms with Crippen molar-refractivity contribution in [2.45, 2.75) is 31.5 Å². The Kier molecular flexibility index (Phi) is 9.85. The highest BCUT2D eigenvalue weighted by Gasteiger charge is 2.38. The van der Waals surface area contributed by atoms with Crippen molar-refractivity contribution in [3.05, 3.63) is 95.6 Å². The molecule has 3 aromatic carbocycles. The second-order valence-electron chi connectivity index (χ2n) is 9.78. The number of nitrogens with two attached hydrogens (primary N) is 1. The Balaban J connectivity index is 0.000000541. The van der Waals surface area contributed by atoms with Gasteiger partial charge in [0.1, 0.15) is 30.0 Å². The number of nitrogen functional groups attached to an aromatic ring is 1. The molecular weight excluding hydrogens is 561 g/mol. The zero-order valence-corrected chi connectivity index (χ0v) is 22.9. The van der Waals surface area contributed by atoms with Gasteiger partial charge in [-0.2, -0.15) is 18.4 Å². The van der Waals surface area contributed by atoms with Gasteiger partial charge in [-0.25, -0.2) is 9.78 Å². The number of aliphatic carboxylic acids is 1. The molecule has 1 atom stereocenters. The Labute approximate surface area is 246 Å². The summed E-state index contributed by atoms with van der Waals surface area (Å²) in [5.74, 6) is -1.88. The summed E-state index contributed by atoms with van der Waals surface area (Å²) in [6.45, 7) is 2.05. The van der Waals surface area contributed by atoms with Crippen molar-refractivity contribution in [3.8, 4) is 40.0 Å². The topological polar surface area (TPSA) is 141 Å². The molecule has 43 heavy (non-hydrogen) atoms. The summed E-state index contributed by atoms with van der Waals surface area (Å²) in [6, 6.07) is 27.6. The zero-order valence-electron chi connectivity index (χ0n) is 22.9. The number of carbonyl (C=O) groups is 1. The highest BCUT2D eigenvalue weighted by molar-refractivity contribution is 5.77. The molecule has 11 heteroatoms. The number of phenols is 1. The van der Waals surface area contributed by atoms with E-state index in [2.05, 4.69) is 34.6 Å². The smallest absolute Gasteiger partial charge is 0.490 e. The second-order valence-corrected chi connectivity index (χ2v) is 9.78. The van der Waals surface area contributed by atoms with Crippen LogP contribution in [0.1, 0.15) is 35.4 Å². The number of phenolic OH excluding ortho intramolecular Hbond substituents is 1. The number of ether oxygens (including phenoxy) is 1. The molecule has 0 radical (unpaired) electrons. The lowest BCUT2D eigenvalue weighted by atomic mass is 9.88. The maximum absolute atomic E-state index is 10.9. The van der Waals surface area contributed by atoms with Crippen LogP contribution >= 0.6 is 0 Å². The van der Waals surface area contributed by atoms with Gasteiger partial charge < -0.3 is 26.0 Å². The van der Waals surface area contributed by atoms with E-state index in [0.29, 0.717) is 29.2 Å². The van der Waals surface area contributed by atoms with Gasteiger partial charge in [-0.15, -0.1) is 0 Å². The number of aromatic nitrogens is 1. The minimum atomic E-state index is -5.08. The first kappa shape index (κ1) is 30.9. The van der Waals surface area contributed by atoms with Gasteiger partial charge in [-0.05, 0) is 65.8 Å². The molecule has 0 aliphatic carbocycles. The van der Waals surface area contributed by atoms with E-state index in [9.17, 15) is 23.5 Å². The number of nitrogens with one attached hydrogen (secondary N) is 1. The Morgan fingerprint density at radius 1 is 1.09 bits per heavy atom. The third-order valence-electron chi connectivity index (χ3n) is 6.91. The number of carboxylic acid groups (broad SMARTS) is 1. The fourth-order valence-electron chi connectivity index (χ4n) is 4.87. The summed E-state index contributed by atoms with van der Waals surface area (Å²) >= 11 is 0. The molecule has 1 aliphatic heterocycles. The third-order valence-corrected chi connectivity index (χ3v) is 6.91. The number of anilines is 1. The number of hydrogen-bond donors (Lipinski definition) is 4. The third kappa shape index (κ3) is 7.61. The average Bonchev–Trinajstić information content (AvgIpc) is 3.00. The zero-order chi connectivity index (χ0) is 31.0. The van der Waals surface area contributed by atoms with Gasteiger partial charge in [0.05, 0.1) is 16.8 Å². The summed E-state index contributed by atoms with van der Waals surface area (Å²) in [5.41, 5.74) is 11.7. The Morgan fingerprint density at radius 3 is 2.44 bits per heavy atom. The molecule has 222 valence electrons. The predicted molar refractivity (Wildman–Crippen MR) is 155 cm³/mol. The summed E-state index contributed by atoms with van der Waals surface area (Å²) in [4.78, 5) is 13.4. The number of nitriles is 1. The van der Waals surface area contributed by atoms with Crippen LogP contribution in [0.2, 0.25) is 0 Å². The molecule has 1 fully saturated rings. The van der Waals surface area contributed by atoms with Gasteiger partial charge in [0.15, 0.2) is 0 Å². The highest BCUT2D eigenvalue weighted by atomic mass is 19.4. The van der Waals surface area contributed by atoms with E-state index in [1.54, 1.807) is 12.1 Å². The molecule has 0 spiro atoms. The van der Waals surface area contributed by atoms with Crippen molar-refractivity contribution < 1.29 is 32.9 Å². The molecule has 5 N–H and O–H groups in total. The lowest BCUT2D eigenvalue weighted by Crippen LogP contribution is -2.29. The lowest BCUT2D eigenvalue weighted by Gasteiger charge is -2.25. The fourth-order valence-corrected chi connectivity index (χ4v) is 4.87. The Hall–Kier alpha value is -5.08. The minimum absolute atomic E-state index is 0.0492. The van der Waals surface area contributed by atoms with Crippen molar-refractivity contribution >= 4 is 11.8 Å². The number of nitrogens with zero attached hydrogens (tertiary/aromatic N) is 2. The summed E-state index contributed by atoms with van der Waals surface area (Å²) in [7, 11) is 0. The standard InChI is InChI=1S/C30H28N4O2.C2HF3O2/c31-17-25-24(21-11-7-15-33-18-21)16-26(34-30(25)32)29-27(35)13-6-14-28(29)36-19-22-10-4-5-12-23(22)20-8-2-1-3-9-20;3-2(4,5)1(6)7/h1-6,8-10,12-14,16,21,33,35H,7,11,15,18-19H2,(H2,32,34);(H,6,7). The number of halogens is 3. The molecule has 0 bridgehead atoms. The van der Waals surface area contributed by atoms with Crippen LogP contribution in [0, 0.1) is 11.3 Å². The van der Waals surface area contributed by atoms with E-state index in [1.807, 2.05) is 48.5 Å². The summed E-state index contributed by atoms with van der Waals surface area (Å²) in [6.07, 6.45) is -3.09. The predicted octanol–water partition coefficient (Wildman–Crippen LogP) is 6.25. The molecule has 0 saturated carbocycles. The van der Waals surface area contributed by atoms with Crippen LogP contribution in [0.3, 0.4) is 0 Å². The molecule has 1 unspecified atom stereocenters. The van der Waals surface area contributed by atoms with E-state index < -0.39 is 12.1 Å². The number of piperidine rings is 1. The van der Waals surface area contributed by atoms with Crippen molar-refractivity contribution in [2.24, 2.45) is 0 Å². The van der Waals surface area contributed by atoms with Crippen molar-refractivity contribution in [3.63, 3.8) is 0 Å². The van der Waals surface area contributed by atoms with Crippen LogP contribution < -0.4 is 15.8 Å². The first-order chi connectivity index (χ1) is 20.6. The average molecular weight is 591 g/mol. The number of aromatic hydroxyl groups is 1. The number of carboxylic acids is 1. The maximum atomic E-state index is 10.9. The molecule has 4 aromatic rings. The number of benzene rings is 3. The fraction of sp³-hybridized carbons (Fsp3) is 0.219. The normalized spacial score (nSPS) is 14.6. The molecular formula is C32H29F3N4O4. The van der Waals surface area contributed by atoms with E-state index >= 15 is 0 Å². The van der Waals surface area contributed by atoms with Crippen molar-refractivity contribution in [2.75, 3.05) is 18.8 Å². The van der Waals surface area contributed by atoms with Gasteiger partial charge in [0.2, 0.25) is 0 Å². The minimum Gasteiger partial charge on any atom is -0.507 e. The Morgan fingerprint density at radius 2 is 1.79 bits per heavy atom. The molecule has 5 rings (SSSR count). The van der Waals surface area contributed by atoms with Crippen LogP contribution in [0.25, 0.3) is 22.4 Å². The number of hydrogen-bond acceptors (Lipinski definition) is 7. The van der Waals surface area contributed by atoms with Crippen LogP contribution in [0.4, 0.5) is 19.0 Å². The van der Waals surface area contributed by atoms with E-state index in [0.717, 1.165) is 48.2 Å². The van der Waals surface area contributed by atoms with Gasteiger partial charge in [0, 0.05) is 6.54 Å². The maximum Gasteiger partial charge on any atom is 0.490 e. The van der Waals surface area contributed by atoms with Crippen molar-refractivity contribution in [1.29, 1.82) is 5.26 Å². The van der Waals surface area contributed by atoms with Crippen LogP contribution in [-0.4, -0.2) is 40.4 Å². The summed E-state index contributed by atoms with van der Waals surface area (Å²) in [5, 5.41) is 31.1. The van der Waals surface area contributed by atoms with Gasteiger partial charge >= 0.3 is 12.1 Å². The van der Waals surface area contributed by atoms with Gasteiger partial charge in [-0.1, -0.05) is 60.7 Å². The monoisotopic (exact) mass is 590 g/mol. The van der Waals surface area contributed by atoms with Gasteiger partial charge in [0.25, 0.3) is 0 Å².